The highest BCUT2D eigenvalue weighted by molar-refractivity contribution is 5.84. The van der Waals surface area contributed by atoms with Gasteiger partial charge in [-0.2, -0.15) is 0 Å². The molecule has 260 valence electrons. The highest BCUT2D eigenvalue weighted by atomic mass is 16.5. The number of unbranched alkanes of at least 4 members (excludes halogenated alkanes) is 7. The average Bonchev–Trinajstić information content (AvgIpc) is 3.00. The summed E-state index contributed by atoms with van der Waals surface area (Å²) in [6, 6.07) is -1.15. The first-order valence-corrected chi connectivity index (χ1v) is 15.9. The highest BCUT2D eigenvalue weighted by Gasteiger charge is 2.20. The third-order valence-corrected chi connectivity index (χ3v) is 6.47. The lowest BCUT2D eigenvalue weighted by atomic mass is 10.1. The number of nitrogens with one attached hydrogen (secondary N) is 4. The van der Waals surface area contributed by atoms with E-state index < -0.39 is 18.0 Å². The van der Waals surface area contributed by atoms with Crippen LogP contribution < -0.4 is 21.3 Å². The first-order chi connectivity index (χ1) is 21.6. The molecule has 0 fully saturated rings. The molecule has 4 amide bonds. The minimum atomic E-state index is -1.20. The molecule has 0 spiro atoms. The molecule has 0 saturated heterocycles. The predicted octanol–water partition coefficient (Wildman–Crippen LogP) is 1.13. The molecule has 45 heavy (non-hydrogen) atoms. The Morgan fingerprint density at radius 1 is 0.556 bits per heavy atom. The first kappa shape index (κ1) is 41.7. The van der Waals surface area contributed by atoms with Gasteiger partial charge in [-0.05, 0) is 19.3 Å². The van der Waals surface area contributed by atoms with Crippen molar-refractivity contribution in [2.24, 2.45) is 0 Å². The molecule has 1 unspecified atom stereocenters. The van der Waals surface area contributed by atoms with E-state index in [1.165, 1.54) is 0 Å². The van der Waals surface area contributed by atoms with Crippen molar-refractivity contribution >= 4 is 35.6 Å². The van der Waals surface area contributed by atoms with Gasteiger partial charge in [0.25, 0.3) is 0 Å². The van der Waals surface area contributed by atoms with Crippen molar-refractivity contribution in [3.63, 3.8) is 0 Å². The lowest BCUT2D eigenvalue weighted by Crippen LogP contribution is -2.41. The van der Waals surface area contributed by atoms with Gasteiger partial charge < -0.3 is 45.7 Å². The van der Waals surface area contributed by atoms with E-state index in [0.29, 0.717) is 45.6 Å². The maximum atomic E-state index is 12.1. The van der Waals surface area contributed by atoms with Crippen molar-refractivity contribution in [2.45, 2.75) is 96.4 Å². The highest BCUT2D eigenvalue weighted by Crippen LogP contribution is 2.11. The van der Waals surface area contributed by atoms with Crippen molar-refractivity contribution < 1.29 is 53.2 Å². The lowest BCUT2D eigenvalue weighted by molar-refractivity contribution is -0.142. The van der Waals surface area contributed by atoms with E-state index in [4.69, 9.17) is 19.3 Å². The van der Waals surface area contributed by atoms with Gasteiger partial charge in [0.15, 0.2) is 0 Å². The number of carboxylic acid groups (broad SMARTS) is 2. The molecular formula is C30H54N4O11. The summed E-state index contributed by atoms with van der Waals surface area (Å²) in [5.41, 5.74) is 0. The van der Waals surface area contributed by atoms with Crippen LogP contribution in [0.15, 0.2) is 0 Å². The Kier molecular flexibility index (Phi) is 27.3. The number of aliphatic carboxylic acids is 2. The summed E-state index contributed by atoms with van der Waals surface area (Å²) in [5.74, 6) is -3.02. The van der Waals surface area contributed by atoms with Crippen LogP contribution in [0.2, 0.25) is 0 Å². The SMILES string of the molecule is CCC(=O)NCCOCCNC(=O)COCCOCCNC(=O)CCC(NC(=O)CCCCCCCCCCC(=O)O)C(=O)O. The number of hydrogen-bond donors (Lipinski definition) is 6. The van der Waals surface area contributed by atoms with Crippen LogP contribution in [0.5, 0.6) is 0 Å². The molecule has 0 aliphatic heterocycles. The number of rotatable bonds is 31. The molecular weight excluding hydrogens is 592 g/mol. The molecule has 1 atom stereocenters. The largest absolute Gasteiger partial charge is 0.481 e. The van der Waals surface area contributed by atoms with Crippen LogP contribution in [0.25, 0.3) is 0 Å². The summed E-state index contributed by atoms with van der Waals surface area (Å²) >= 11 is 0. The van der Waals surface area contributed by atoms with E-state index in [9.17, 15) is 33.9 Å². The molecule has 0 aromatic rings. The molecule has 0 aliphatic carbocycles. The van der Waals surface area contributed by atoms with Crippen LogP contribution in [0.3, 0.4) is 0 Å². The minimum Gasteiger partial charge on any atom is -0.481 e. The Hall–Kier alpha value is -3.30. The van der Waals surface area contributed by atoms with Gasteiger partial charge in [0, 0.05) is 45.3 Å². The first-order valence-electron chi connectivity index (χ1n) is 15.9. The van der Waals surface area contributed by atoms with Crippen LogP contribution in [0.4, 0.5) is 0 Å². The van der Waals surface area contributed by atoms with Gasteiger partial charge in [-0.15, -0.1) is 0 Å². The third-order valence-electron chi connectivity index (χ3n) is 6.47. The average molecular weight is 647 g/mol. The molecule has 0 saturated carbocycles. The Labute approximate surface area is 265 Å². The number of amides is 4. The predicted molar refractivity (Wildman–Crippen MR) is 164 cm³/mol. The molecule has 15 heteroatoms. The zero-order valence-electron chi connectivity index (χ0n) is 26.7. The van der Waals surface area contributed by atoms with Crippen molar-refractivity contribution in [3.05, 3.63) is 0 Å². The molecule has 0 aromatic carbocycles. The second-order valence-corrected chi connectivity index (χ2v) is 10.4. The van der Waals surface area contributed by atoms with Crippen LogP contribution in [-0.4, -0.2) is 111 Å². The van der Waals surface area contributed by atoms with Crippen molar-refractivity contribution in [1.82, 2.24) is 21.3 Å². The number of ether oxygens (including phenoxy) is 3. The zero-order valence-corrected chi connectivity index (χ0v) is 26.7. The number of carbonyl (C=O) groups excluding carboxylic acids is 4. The van der Waals surface area contributed by atoms with Crippen LogP contribution in [-0.2, 0) is 43.0 Å². The van der Waals surface area contributed by atoms with Gasteiger partial charge in [0.05, 0.1) is 33.0 Å². The second kappa shape index (κ2) is 29.4. The Balaban J connectivity index is 3.72. The third kappa shape index (κ3) is 29.2. The van der Waals surface area contributed by atoms with E-state index in [-0.39, 0.29) is 82.3 Å². The normalized spacial score (nSPS) is 11.4. The van der Waals surface area contributed by atoms with Gasteiger partial charge >= 0.3 is 11.9 Å². The lowest BCUT2D eigenvalue weighted by Gasteiger charge is -2.14. The van der Waals surface area contributed by atoms with E-state index in [1.807, 2.05) is 0 Å². The van der Waals surface area contributed by atoms with Crippen LogP contribution in [0, 0.1) is 0 Å². The molecule has 0 bridgehead atoms. The summed E-state index contributed by atoms with van der Waals surface area (Å²) in [5, 5.41) is 28.4. The number of hydrogen-bond acceptors (Lipinski definition) is 9. The van der Waals surface area contributed by atoms with Gasteiger partial charge in [0.1, 0.15) is 12.6 Å². The van der Waals surface area contributed by atoms with Crippen LogP contribution in [0.1, 0.15) is 90.4 Å². The fourth-order valence-electron chi connectivity index (χ4n) is 3.96. The van der Waals surface area contributed by atoms with Gasteiger partial charge in [-0.25, -0.2) is 4.79 Å². The van der Waals surface area contributed by atoms with Gasteiger partial charge in [-0.3, -0.25) is 24.0 Å². The minimum absolute atomic E-state index is 0.0329. The van der Waals surface area contributed by atoms with E-state index in [2.05, 4.69) is 21.3 Å². The monoisotopic (exact) mass is 646 g/mol. The Bertz CT molecular complexity index is 858. The molecule has 0 aromatic heterocycles. The fourth-order valence-corrected chi connectivity index (χ4v) is 3.96. The summed E-state index contributed by atoms with van der Waals surface area (Å²) in [6.07, 6.45) is 7.84. The van der Waals surface area contributed by atoms with Crippen molar-refractivity contribution in [3.8, 4) is 0 Å². The van der Waals surface area contributed by atoms with Gasteiger partial charge in [-0.1, -0.05) is 45.4 Å². The molecule has 6 N–H and O–H groups in total. The van der Waals surface area contributed by atoms with Gasteiger partial charge in [0.2, 0.25) is 23.6 Å². The number of carbonyl (C=O) groups is 6. The van der Waals surface area contributed by atoms with E-state index >= 15 is 0 Å². The van der Waals surface area contributed by atoms with Crippen molar-refractivity contribution in [1.29, 1.82) is 0 Å². The summed E-state index contributed by atoms with van der Waals surface area (Å²) in [4.78, 5) is 69.0. The molecule has 0 radical (unpaired) electrons. The standard InChI is InChI=1S/C30H54N4O11/c1-2-25(35)31-15-18-43-19-17-33-28(38)23-45-22-21-44-20-16-32-26(36)14-13-24(30(41)42)34-27(37)11-9-7-5-3-4-6-8-10-12-29(39)40/h24H,2-23H2,1H3,(H,31,35)(H,32,36)(H,33,38)(H,34,37)(H,39,40)(H,41,42). The molecule has 15 nitrogen and oxygen atoms in total. The van der Waals surface area contributed by atoms with Crippen molar-refractivity contribution in [2.75, 3.05) is 59.3 Å². The maximum Gasteiger partial charge on any atom is 0.326 e. The summed E-state index contributed by atoms with van der Waals surface area (Å²) in [6.45, 7) is 3.88. The topological polar surface area (TPSA) is 219 Å². The van der Waals surface area contributed by atoms with E-state index in [0.717, 1.165) is 38.5 Å². The quantitative estimate of drug-likeness (QED) is 0.0587. The molecule has 0 heterocycles. The van der Waals surface area contributed by atoms with Crippen LogP contribution >= 0.6 is 0 Å². The van der Waals surface area contributed by atoms with E-state index in [1.54, 1.807) is 6.92 Å². The fraction of sp³-hybridized carbons (Fsp3) is 0.800. The smallest absolute Gasteiger partial charge is 0.326 e. The molecule has 0 aliphatic rings. The molecule has 0 rings (SSSR count). The maximum absolute atomic E-state index is 12.1. The Morgan fingerprint density at radius 2 is 1.04 bits per heavy atom. The zero-order chi connectivity index (χ0) is 33.5. The Morgan fingerprint density at radius 3 is 1.60 bits per heavy atom. The summed E-state index contributed by atoms with van der Waals surface area (Å²) < 4.78 is 15.9. The summed E-state index contributed by atoms with van der Waals surface area (Å²) in [7, 11) is 0. The second-order valence-electron chi connectivity index (χ2n) is 10.4. The number of carboxylic acids is 2.